The molecule has 2 N–H and O–H groups in total. The van der Waals surface area contributed by atoms with Crippen LogP contribution in [-0.2, 0) is 0 Å². The number of aromatic nitrogens is 3. The van der Waals surface area contributed by atoms with Crippen LogP contribution in [0.5, 0.6) is 11.5 Å². The van der Waals surface area contributed by atoms with Crippen molar-refractivity contribution in [3.05, 3.63) is 76.2 Å². The van der Waals surface area contributed by atoms with Crippen molar-refractivity contribution in [2.24, 2.45) is 5.10 Å². The number of rotatable bonds is 4. The Morgan fingerprint density at radius 3 is 2.73 bits per heavy atom. The zero-order valence-electron chi connectivity index (χ0n) is 17.2. The van der Waals surface area contributed by atoms with Gasteiger partial charge in [0.15, 0.2) is 17.3 Å². The number of anilines is 1. The number of hydrogen-bond donors (Lipinski definition) is 2. The quantitative estimate of drug-likeness (QED) is 0.307. The van der Waals surface area contributed by atoms with Crippen LogP contribution in [0.3, 0.4) is 0 Å². The monoisotopic (exact) mass is 455 g/mol. The Morgan fingerprint density at radius 1 is 1.06 bits per heavy atom. The number of H-pyrrole nitrogens is 1. The Balaban J connectivity index is 1.34. The molecule has 4 heterocycles. The van der Waals surface area contributed by atoms with Crippen molar-refractivity contribution in [2.75, 3.05) is 18.6 Å². The highest BCUT2D eigenvalue weighted by atomic mass is 32.1. The maximum atomic E-state index is 12.6. The van der Waals surface area contributed by atoms with Crippen molar-refractivity contribution in [1.82, 2.24) is 15.0 Å². The number of pyridine rings is 1. The molecule has 5 aromatic rings. The molecule has 0 unspecified atom stereocenters. The summed E-state index contributed by atoms with van der Waals surface area (Å²) < 4.78 is 11.2. The zero-order chi connectivity index (χ0) is 22.2. The van der Waals surface area contributed by atoms with E-state index in [4.69, 9.17) is 9.47 Å². The molecule has 8 nitrogen and oxygen atoms in total. The van der Waals surface area contributed by atoms with Crippen LogP contribution in [0.15, 0.2) is 70.1 Å². The van der Waals surface area contributed by atoms with Crippen LogP contribution in [0.4, 0.5) is 5.82 Å². The number of thiophene rings is 1. The first-order valence-corrected chi connectivity index (χ1v) is 11.2. The lowest BCUT2D eigenvalue weighted by molar-refractivity contribution is 0.172. The van der Waals surface area contributed by atoms with Crippen LogP contribution in [0.25, 0.3) is 32.2 Å². The van der Waals surface area contributed by atoms with Gasteiger partial charge in [0.2, 0.25) is 0 Å². The predicted octanol–water partition coefficient (Wildman–Crippen LogP) is 4.42. The third-order valence-electron chi connectivity index (χ3n) is 5.36. The highest BCUT2D eigenvalue weighted by Crippen LogP contribution is 2.36. The molecule has 1 aliphatic heterocycles. The summed E-state index contributed by atoms with van der Waals surface area (Å²) in [6, 6.07) is 15.5. The molecular formula is C24H17N5O3S. The van der Waals surface area contributed by atoms with E-state index in [0.717, 1.165) is 26.7 Å². The summed E-state index contributed by atoms with van der Waals surface area (Å²) in [5, 5.41) is 8.07. The molecule has 0 saturated heterocycles. The van der Waals surface area contributed by atoms with Crippen molar-refractivity contribution >= 4 is 44.5 Å². The van der Waals surface area contributed by atoms with Gasteiger partial charge in [0.25, 0.3) is 5.56 Å². The summed E-state index contributed by atoms with van der Waals surface area (Å²) in [7, 11) is 0. The van der Waals surface area contributed by atoms with Gasteiger partial charge in [-0.25, -0.2) is 9.97 Å². The first-order chi connectivity index (χ1) is 16.3. The van der Waals surface area contributed by atoms with Gasteiger partial charge >= 0.3 is 0 Å². The maximum absolute atomic E-state index is 12.6. The number of nitrogens with zero attached hydrogens (tertiary/aromatic N) is 3. The fourth-order valence-electron chi connectivity index (χ4n) is 3.81. The molecule has 0 radical (unpaired) electrons. The predicted molar refractivity (Wildman–Crippen MR) is 130 cm³/mol. The van der Waals surface area contributed by atoms with Crippen molar-refractivity contribution in [2.45, 2.75) is 0 Å². The van der Waals surface area contributed by atoms with Crippen molar-refractivity contribution in [1.29, 1.82) is 0 Å². The van der Waals surface area contributed by atoms with E-state index in [1.54, 1.807) is 23.5 Å². The number of nitrogens with one attached hydrogen (secondary N) is 2. The number of hydrogen-bond acceptors (Lipinski definition) is 8. The standard InChI is InChI=1S/C24H17N5O3S/c30-23-16(8-15-9-19-20(10-18(15)28-23)32-7-6-31-19)11-27-29-22-21-17(14-4-2-1-3-5-14)12-33-24(21)26-13-25-22/h1-5,8-13H,6-7H2,(H,28,30)(H,25,26,29)/b27-11+. The van der Waals surface area contributed by atoms with Crippen molar-refractivity contribution < 1.29 is 9.47 Å². The molecule has 0 fully saturated rings. The molecule has 0 amide bonds. The zero-order valence-corrected chi connectivity index (χ0v) is 18.1. The molecule has 0 bridgehead atoms. The van der Waals surface area contributed by atoms with Crippen molar-refractivity contribution in [3.63, 3.8) is 0 Å². The lowest BCUT2D eigenvalue weighted by atomic mass is 10.1. The van der Waals surface area contributed by atoms with Gasteiger partial charge < -0.3 is 14.5 Å². The molecule has 1 aliphatic rings. The Kier molecular flexibility index (Phi) is 4.73. The highest BCUT2D eigenvalue weighted by Gasteiger charge is 2.14. The molecule has 33 heavy (non-hydrogen) atoms. The van der Waals surface area contributed by atoms with Gasteiger partial charge in [0.05, 0.1) is 22.7 Å². The Hall–Kier alpha value is -4.24. The number of benzene rings is 2. The van der Waals surface area contributed by atoms with Crippen LogP contribution in [0.2, 0.25) is 0 Å². The lowest BCUT2D eigenvalue weighted by Gasteiger charge is -2.18. The Morgan fingerprint density at radius 2 is 1.88 bits per heavy atom. The summed E-state index contributed by atoms with van der Waals surface area (Å²) in [6.45, 7) is 0.993. The van der Waals surface area contributed by atoms with E-state index in [1.807, 2.05) is 36.4 Å². The van der Waals surface area contributed by atoms with Gasteiger partial charge in [-0.1, -0.05) is 30.3 Å². The van der Waals surface area contributed by atoms with E-state index < -0.39 is 0 Å². The first kappa shape index (κ1) is 19.4. The smallest absolute Gasteiger partial charge is 0.257 e. The highest BCUT2D eigenvalue weighted by molar-refractivity contribution is 7.17. The third-order valence-corrected chi connectivity index (χ3v) is 6.25. The van der Waals surface area contributed by atoms with E-state index in [-0.39, 0.29) is 5.56 Å². The molecule has 3 aromatic heterocycles. The van der Waals surface area contributed by atoms with Gasteiger partial charge in [-0.3, -0.25) is 10.2 Å². The summed E-state index contributed by atoms with van der Waals surface area (Å²) in [5.74, 6) is 1.87. The van der Waals surface area contributed by atoms with Crippen LogP contribution in [0, 0.1) is 0 Å². The summed E-state index contributed by atoms with van der Waals surface area (Å²) in [6.07, 6.45) is 2.98. The number of hydrazone groups is 1. The summed E-state index contributed by atoms with van der Waals surface area (Å²) in [4.78, 5) is 25.1. The Labute approximate surface area is 191 Å². The molecule has 0 saturated carbocycles. The average Bonchev–Trinajstić information content (AvgIpc) is 3.29. The maximum Gasteiger partial charge on any atom is 0.257 e. The van der Waals surface area contributed by atoms with E-state index in [1.165, 1.54) is 12.5 Å². The lowest BCUT2D eigenvalue weighted by Crippen LogP contribution is -2.16. The Bertz CT molecular complexity index is 1580. The summed E-state index contributed by atoms with van der Waals surface area (Å²) in [5.41, 5.74) is 5.93. The minimum Gasteiger partial charge on any atom is -0.486 e. The van der Waals surface area contributed by atoms with E-state index in [0.29, 0.717) is 41.6 Å². The molecule has 6 rings (SSSR count). The number of fused-ring (bicyclic) bond motifs is 3. The van der Waals surface area contributed by atoms with Gasteiger partial charge in [-0.05, 0) is 17.7 Å². The third kappa shape index (κ3) is 3.58. The fraction of sp³-hybridized carbons (Fsp3) is 0.0833. The molecule has 9 heteroatoms. The molecule has 0 aliphatic carbocycles. The van der Waals surface area contributed by atoms with E-state index >= 15 is 0 Å². The summed E-state index contributed by atoms with van der Waals surface area (Å²) >= 11 is 1.55. The van der Waals surface area contributed by atoms with E-state index in [2.05, 4.69) is 30.9 Å². The normalized spacial score (nSPS) is 13.1. The minimum absolute atomic E-state index is 0.252. The second kappa shape index (κ2) is 8.03. The largest absolute Gasteiger partial charge is 0.486 e. The molecule has 0 spiro atoms. The van der Waals surface area contributed by atoms with Crippen LogP contribution in [-0.4, -0.2) is 34.4 Å². The van der Waals surface area contributed by atoms with Gasteiger partial charge in [-0.2, -0.15) is 5.10 Å². The first-order valence-electron chi connectivity index (χ1n) is 10.3. The second-order valence-electron chi connectivity index (χ2n) is 7.42. The molecule has 0 atom stereocenters. The number of aromatic amines is 1. The molecule has 162 valence electrons. The minimum atomic E-state index is -0.252. The van der Waals surface area contributed by atoms with Gasteiger partial charge in [0, 0.05) is 22.4 Å². The molecule has 2 aromatic carbocycles. The van der Waals surface area contributed by atoms with Gasteiger partial charge in [-0.15, -0.1) is 11.3 Å². The topological polar surface area (TPSA) is 101 Å². The van der Waals surface area contributed by atoms with Crippen LogP contribution >= 0.6 is 11.3 Å². The number of ether oxygens (including phenoxy) is 2. The molecular weight excluding hydrogens is 438 g/mol. The van der Waals surface area contributed by atoms with Crippen LogP contribution < -0.4 is 20.5 Å². The van der Waals surface area contributed by atoms with Gasteiger partial charge in [0.1, 0.15) is 24.4 Å². The van der Waals surface area contributed by atoms with Crippen molar-refractivity contribution in [3.8, 4) is 22.6 Å². The van der Waals surface area contributed by atoms with E-state index in [9.17, 15) is 4.79 Å². The fourth-order valence-corrected chi connectivity index (χ4v) is 4.72. The van der Waals surface area contributed by atoms with Crippen LogP contribution in [0.1, 0.15) is 5.56 Å². The average molecular weight is 455 g/mol. The second-order valence-corrected chi connectivity index (χ2v) is 8.28. The SMILES string of the molecule is O=c1[nH]c2cc3c(cc2cc1/C=N/Nc1ncnc2scc(-c4ccccc4)c12)OCCO3.